The fraction of sp³-hybridized carbons (Fsp3) is 0.643. The number of nitrogens with zero attached hydrogens (tertiary/aromatic N) is 4. The van der Waals surface area contributed by atoms with E-state index in [1.807, 2.05) is 0 Å². The van der Waals surface area contributed by atoms with Crippen molar-refractivity contribution in [3.05, 3.63) is 6.33 Å². The van der Waals surface area contributed by atoms with E-state index in [1.165, 1.54) is 10.9 Å². The topological polar surface area (TPSA) is 140 Å². The van der Waals surface area contributed by atoms with Crippen LogP contribution in [-0.2, 0) is 4.74 Å². The van der Waals surface area contributed by atoms with Gasteiger partial charge in [-0.25, -0.2) is 9.97 Å². The number of hydrogen-bond acceptors (Lipinski definition) is 9. The molecule has 0 amide bonds. The van der Waals surface area contributed by atoms with E-state index in [0.29, 0.717) is 21.4 Å². The minimum absolute atomic E-state index is 0.0989. The lowest BCUT2D eigenvalue weighted by Crippen LogP contribution is -2.33. The summed E-state index contributed by atoms with van der Waals surface area (Å²) in [5.41, 5.74) is 6.80. The maximum Gasteiger partial charge on any atom is 0.223 e. The van der Waals surface area contributed by atoms with Gasteiger partial charge in [0, 0.05) is 5.25 Å². The van der Waals surface area contributed by atoms with Crippen LogP contribution in [-0.4, -0.2) is 65.0 Å². The number of ether oxygens (including phenoxy) is 1. The number of rotatable bonds is 5. The molecule has 0 spiro atoms. The Morgan fingerprint density at radius 1 is 1.38 bits per heavy atom. The average Bonchev–Trinajstić information content (AvgIpc) is 3.09. The van der Waals surface area contributed by atoms with Gasteiger partial charge in [-0.05, 0) is 6.42 Å². The summed E-state index contributed by atoms with van der Waals surface area (Å²) in [6.45, 7) is 3.77. The van der Waals surface area contributed by atoms with E-state index in [9.17, 15) is 15.3 Å². The third kappa shape index (κ3) is 2.95. The molecule has 1 aliphatic heterocycles. The number of nitrogen functional groups attached to an aromatic ring is 1. The molecule has 132 valence electrons. The van der Waals surface area contributed by atoms with Crippen molar-refractivity contribution < 1.29 is 20.1 Å². The molecule has 2 aromatic heterocycles. The zero-order chi connectivity index (χ0) is 17.4. The third-order valence-corrected chi connectivity index (χ3v) is 5.33. The van der Waals surface area contributed by atoms with Crippen molar-refractivity contribution in [3.8, 4) is 0 Å². The van der Waals surface area contributed by atoms with Crippen molar-refractivity contribution in [2.75, 3.05) is 12.3 Å². The van der Waals surface area contributed by atoms with Crippen molar-refractivity contribution >= 4 is 28.9 Å². The van der Waals surface area contributed by atoms with Crippen LogP contribution < -0.4 is 5.73 Å². The Balaban J connectivity index is 2.02. The van der Waals surface area contributed by atoms with Gasteiger partial charge in [-0.2, -0.15) is 4.98 Å². The van der Waals surface area contributed by atoms with E-state index in [1.54, 1.807) is 11.8 Å². The minimum atomic E-state index is -1.21. The SMILES string of the molecule is CC[C@@H](C)Sc1nc(N)nc2c1ncn2[C@@H]1O[C@@H](CO)[C@@H](O)[C@H]1O. The fourth-order valence-corrected chi connectivity index (χ4v) is 3.51. The summed E-state index contributed by atoms with van der Waals surface area (Å²) in [5, 5.41) is 30.4. The van der Waals surface area contributed by atoms with Crippen LogP contribution in [0.1, 0.15) is 26.5 Å². The molecule has 1 aliphatic rings. The second kappa shape index (κ2) is 6.81. The zero-order valence-electron chi connectivity index (χ0n) is 13.4. The van der Waals surface area contributed by atoms with E-state index >= 15 is 0 Å². The predicted molar refractivity (Wildman–Crippen MR) is 88.4 cm³/mol. The monoisotopic (exact) mass is 355 g/mol. The second-order valence-corrected chi connectivity index (χ2v) is 7.20. The van der Waals surface area contributed by atoms with E-state index in [4.69, 9.17) is 10.5 Å². The number of thioether (sulfide) groups is 1. The number of anilines is 1. The van der Waals surface area contributed by atoms with Gasteiger partial charge < -0.3 is 25.8 Å². The van der Waals surface area contributed by atoms with Gasteiger partial charge >= 0.3 is 0 Å². The summed E-state index contributed by atoms with van der Waals surface area (Å²) in [5.74, 6) is 0.0989. The number of aliphatic hydroxyl groups excluding tert-OH is 3. The normalized spacial score (nSPS) is 28.5. The number of aliphatic hydroxyl groups is 3. The average molecular weight is 355 g/mol. The zero-order valence-corrected chi connectivity index (χ0v) is 14.2. The molecule has 10 heteroatoms. The molecular weight excluding hydrogens is 334 g/mol. The number of nitrogens with two attached hydrogens (primary N) is 1. The summed E-state index contributed by atoms with van der Waals surface area (Å²) < 4.78 is 7.05. The second-order valence-electron chi connectivity index (χ2n) is 5.78. The predicted octanol–water partition coefficient (Wildman–Crippen LogP) is -0.0894. The van der Waals surface area contributed by atoms with Gasteiger partial charge in [0.1, 0.15) is 28.9 Å². The van der Waals surface area contributed by atoms with Gasteiger partial charge in [0.05, 0.1) is 12.9 Å². The first kappa shape index (κ1) is 17.4. The highest BCUT2D eigenvalue weighted by molar-refractivity contribution is 8.00. The quantitative estimate of drug-likeness (QED) is 0.428. The number of imidazole rings is 1. The summed E-state index contributed by atoms with van der Waals surface area (Å²) >= 11 is 1.55. The Hall–Kier alpha value is -1.46. The summed E-state index contributed by atoms with van der Waals surface area (Å²) in [4.78, 5) is 12.8. The van der Waals surface area contributed by atoms with Gasteiger partial charge in [0.15, 0.2) is 11.9 Å². The van der Waals surface area contributed by atoms with Gasteiger partial charge in [-0.1, -0.05) is 13.8 Å². The van der Waals surface area contributed by atoms with Crippen LogP contribution in [0.15, 0.2) is 11.4 Å². The smallest absolute Gasteiger partial charge is 0.223 e. The highest BCUT2D eigenvalue weighted by Gasteiger charge is 2.44. The van der Waals surface area contributed by atoms with Gasteiger partial charge in [0.25, 0.3) is 0 Å². The summed E-state index contributed by atoms with van der Waals surface area (Å²) in [7, 11) is 0. The number of fused-ring (bicyclic) bond motifs is 1. The highest BCUT2D eigenvalue weighted by atomic mass is 32.2. The molecule has 0 unspecified atom stereocenters. The van der Waals surface area contributed by atoms with Crippen LogP contribution in [0.2, 0.25) is 0 Å². The first-order chi connectivity index (χ1) is 11.5. The van der Waals surface area contributed by atoms with Crippen LogP contribution in [0.4, 0.5) is 5.95 Å². The van der Waals surface area contributed by atoms with Crippen LogP contribution in [0.3, 0.4) is 0 Å². The third-order valence-electron chi connectivity index (χ3n) is 4.09. The standard InChI is InChI=1S/C14H21N5O4S/c1-3-6(2)24-12-8-11(17-14(15)18-12)19(5-16-8)13-10(22)9(21)7(4-20)23-13/h5-7,9-10,13,20-22H,3-4H2,1-2H3,(H2,15,17,18)/t6-,7+,9-,10-,13-/m1/s1. The maximum atomic E-state index is 10.2. The van der Waals surface area contributed by atoms with Crippen molar-refractivity contribution in [2.24, 2.45) is 0 Å². The molecule has 5 atom stereocenters. The van der Waals surface area contributed by atoms with Crippen LogP contribution in [0, 0.1) is 0 Å². The molecule has 0 saturated carbocycles. The minimum Gasteiger partial charge on any atom is -0.394 e. The Labute approximate surface area is 142 Å². The lowest BCUT2D eigenvalue weighted by atomic mass is 10.1. The van der Waals surface area contributed by atoms with Crippen LogP contribution in [0.5, 0.6) is 0 Å². The fourth-order valence-electron chi connectivity index (χ4n) is 2.56. The first-order valence-electron chi connectivity index (χ1n) is 7.75. The molecule has 9 nitrogen and oxygen atoms in total. The highest BCUT2D eigenvalue weighted by Crippen LogP contribution is 2.34. The lowest BCUT2D eigenvalue weighted by molar-refractivity contribution is -0.0511. The van der Waals surface area contributed by atoms with Gasteiger partial charge in [-0.3, -0.25) is 4.57 Å². The molecular formula is C14H21N5O4S. The Morgan fingerprint density at radius 3 is 2.75 bits per heavy atom. The maximum absolute atomic E-state index is 10.2. The van der Waals surface area contributed by atoms with E-state index < -0.39 is 31.1 Å². The Bertz CT molecular complexity index is 726. The summed E-state index contributed by atoms with van der Waals surface area (Å²) in [6.07, 6.45) is -1.73. The van der Waals surface area contributed by atoms with Crippen molar-refractivity contribution in [1.82, 2.24) is 19.5 Å². The number of hydrogen-bond donors (Lipinski definition) is 4. The molecule has 2 aromatic rings. The number of aromatic nitrogens is 4. The van der Waals surface area contributed by atoms with E-state index in [2.05, 4.69) is 28.8 Å². The molecule has 3 heterocycles. The Morgan fingerprint density at radius 2 is 2.12 bits per heavy atom. The van der Waals surface area contributed by atoms with Crippen molar-refractivity contribution in [1.29, 1.82) is 0 Å². The van der Waals surface area contributed by atoms with Crippen molar-refractivity contribution in [2.45, 2.75) is 55.1 Å². The molecule has 0 bridgehead atoms. The molecule has 5 N–H and O–H groups in total. The lowest BCUT2D eigenvalue weighted by Gasteiger charge is -2.16. The van der Waals surface area contributed by atoms with E-state index in [-0.39, 0.29) is 5.95 Å². The first-order valence-corrected chi connectivity index (χ1v) is 8.63. The van der Waals surface area contributed by atoms with Gasteiger partial charge in [-0.15, -0.1) is 11.8 Å². The molecule has 0 aliphatic carbocycles. The largest absolute Gasteiger partial charge is 0.394 e. The van der Waals surface area contributed by atoms with Crippen molar-refractivity contribution in [3.63, 3.8) is 0 Å². The van der Waals surface area contributed by atoms with E-state index in [0.717, 1.165) is 6.42 Å². The van der Waals surface area contributed by atoms with Crippen LogP contribution in [0.25, 0.3) is 11.2 Å². The molecule has 1 fully saturated rings. The van der Waals surface area contributed by atoms with Crippen LogP contribution >= 0.6 is 11.8 Å². The van der Waals surface area contributed by atoms with Gasteiger partial charge in [0.2, 0.25) is 5.95 Å². The molecule has 3 rings (SSSR count). The molecule has 1 saturated heterocycles. The molecule has 24 heavy (non-hydrogen) atoms. The molecule has 0 aromatic carbocycles. The summed E-state index contributed by atoms with van der Waals surface area (Å²) in [6, 6.07) is 0. The molecule has 0 radical (unpaired) electrons. The Kier molecular flexibility index (Phi) is 4.92.